The van der Waals surface area contributed by atoms with Crippen LogP contribution in [0.1, 0.15) is 36.5 Å². The van der Waals surface area contributed by atoms with E-state index in [9.17, 15) is 9.59 Å². The van der Waals surface area contributed by atoms with Crippen LogP contribution in [0.2, 0.25) is 0 Å². The molecule has 0 aromatic heterocycles. The molecule has 0 aliphatic rings. The number of para-hydroxylation sites is 1. The summed E-state index contributed by atoms with van der Waals surface area (Å²) in [5.74, 6) is 0.280. The molecule has 0 radical (unpaired) electrons. The summed E-state index contributed by atoms with van der Waals surface area (Å²) in [6.07, 6.45) is 2.29. The van der Waals surface area contributed by atoms with Gasteiger partial charge in [-0.2, -0.15) is 0 Å². The SMILES string of the molecule is CCCCNC(=O)[C@@H](Cc1ccccc1)N(Cc1ccc(Br)cc1)C(=O)COc1ccccc1C. The molecule has 184 valence electrons. The largest absolute Gasteiger partial charge is 0.484 e. The van der Waals surface area contributed by atoms with Crippen LogP contribution in [0.25, 0.3) is 0 Å². The van der Waals surface area contributed by atoms with Crippen LogP contribution in [0.4, 0.5) is 0 Å². The fourth-order valence-corrected chi connectivity index (χ4v) is 4.05. The normalized spacial score (nSPS) is 11.5. The van der Waals surface area contributed by atoms with Crippen molar-refractivity contribution in [2.24, 2.45) is 0 Å². The molecular weight excluding hydrogens is 504 g/mol. The van der Waals surface area contributed by atoms with Crippen LogP contribution in [0.5, 0.6) is 5.75 Å². The molecule has 3 rings (SSSR count). The molecule has 0 bridgehead atoms. The van der Waals surface area contributed by atoms with Crippen LogP contribution in [0.15, 0.2) is 83.3 Å². The zero-order valence-corrected chi connectivity index (χ0v) is 22.0. The zero-order valence-electron chi connectivity index (χ0n) is 20.4. The highest BCUT2D eigenvalue weighted by Gasteiger charge is 2.30. The fourth-order valence-electron chi connectivity index (χ4n) is 3.79. The Kier molecular flexibility index (Phi) is 10.4. The molecule has 0 saturated carbocycles. The van der Waals surface area contributed by atoms with E-state index in [0.29, 0.717) is 25.3 Å². The van der Waals surface area contributed by atoms with Gasteiger partial charge in [-0.25, -0.2) is 0 Å². The first-order valence-electron chi connectivity index (χ1n) is 12.0. The van der Waals surface area contributed by atoms with Crippen molar-refractivity contribution in [1.82, 2.24) is 10.2 Å². The highest BCUT2D eigenvalue weighted by molar-refractivity contribution is 9.10. The fraction of sp³-hybridized carbons (Fsp3) is 0.310. The topological polar surface area (TPSA) is 58.6 Å². The van der Waals surface area contributed by atoms with Crippen LogP contribution in [-0.4, -0.2) is 35.9 Å². The summed E-state index contributed by atoms with van der Waals surface area (Å²) in [7, 11) is 0. The maximum Gasteiger partial charge on any atom is 0.261 e. The predicted octanol–water partition coefficient (Wildman–Crippen LogP) is 5.69. The number of hydrogen-bond donors (Lipinski definition) is 1. The lowest BCUT2D eigenvalue weighted by Crippen LogP contribution is -2.51. The van der Waals surface area contributed by atoms with Crippen molar-refractivity contribution < 1.29 is 14.3 Å². The standard InChI is InChI=1S/C29H33BrN2O3/c1-3-4-18-31-29(34)26(19-23-11-6-5-7-12-23)32(20-24-14-16-25(30)17-15-24)28(33)21-35-27-13-9-8-10-22(27)2/h5-17,26H,3-4,18-21H2,1-2H3,(H,31,34)/t26-/m1/s1. The Labute approximate surface area is 216 Å². The van der Waals surface area contributed by atoms with Gasteiger partial charge in [0.15, 0.2) is 6.61 Å². The van der Waals surface area contributed by atoms with Gasteiger partial charge in [0.25, 0.3) is 5.91 Å². The molecule has 0 fully saturated rings. The third-order valence-corrected chi connectivity index (χ3v) is 6.34. The average Bonchev–Trinajstić information content (AvgIpc) is 2.87. The molecule has 0 aliphatic carbocycles. The lowest BCUT2D eigenvalue weighted by Gasteiger charge is -2.31. The lowest BCUT2D eigenvalue weighted by molar-refractivity contribution is -0.142. The molecule has 3 aromatic rings. The third kappa shape index (κ3) is 8.25. The molecule has 1 N–H and O–H groups in total. The molecule has 0 spiro atoms. The first kappa shape index (κ1) is 26.5. The maximum absolute atomic E-state index is 13.6. The quantitative estimate of drug-likeness (QED) is 0.302. The van der Waals surface area contributed by atoms with Gasteiger partial charge in [-0.1, -0.05) is 89.9 Å². The molecule has 2 amide bonds. The number of amides is 2. The molecule has 6 heteroatoms. The molecule has 35 heavy (non-hydrogen) atoms. The summed E-state index contributed by atoms with van der Waals surface area (Å²) in [6.45, 7) is 4.77. The smallest absolute Gasteiger partial charge is 0.261 e. The number of rotatable bonds is 12. The molecule has 3 aromatic carbocycles. The number of hydrogen-bond acceptors (Lipinski definition) is 3. The Bertz CT molecular complexity index is 1090. The van der Waals surface area contributed by atoms with E-state index >= 15 is 0 Å². The second-order valence-electron chi connectivity index (χ2n) is 8.55. The number of nitrogens with zero attached hydrogens (tertiary/aromatic N) is 1. The average molecular weight is 537 g/mol. The van der Waals surface area contributed by atoms with Gasteiger partial charge in [0.2, 0.25) is 5.91 Å². The Balaban J connectivity index is 1.88. The Morgan fingerprint density at radius 3 is 2.31 bits per heavy atom. The first-order valence-corrected chi connectivity index (χ1v) is 12.8. The third-order valence-electron chi connectivity index (χ3n) is 5.81. The second kappa shape index (κ2) is 13.7. The highest BCUT2D eigenvalue weighted by atomic mass is 79.9. The molecule has 0 unspecified atom stereocenters. The summed E-state index contributed by atoms with van der Waals surface area (Å²) in [6, 6.07) is 24.6. The van der Waals surface area contributed by atoms with Crippen molar-refractivity contribution in [1.29, 1.82) is 0 Å². The van der Waals surface area contributed by atoms with Gasteiger partial charge in [0, 0.05) is 24.0 Å². The van der Waals surface area contributed by atoms with E-state index in [1.807, 2.05) is 85.8 Å². The highest BCUT2D eigenvalue weighted by Crippen LogP contribution is 2.19. The van der Waals surface area contributed by atoms with Crippen molar-refractivity contribution in [2.75, 3.05) is 13.2 Å². The number of carbonyl (C=O) groups is 2. The number of ether oxygens (including phenoxy) is 1. The van der Waals surface area contributed by atoms with Crippen molar-refractivity contribution in [3.05, 3.63) is 100 Å². The van der Waals surface area contributed by atoms with E-state index in [1.54, 1.807) is 4.90 Å². The maximum atomic E-state index is 13.6. The summed E-state index contributed by atoms with van der Waals surface area (Å²) in [4.78, 5) is 28.6. The molecule has 5 nitrogen and oxygen atoms in total. The van der Waals surface area contributed by atoms with Gasteiger partial charge in [-0.3, -0.25) is 9.59 Å². The van der Waals surface area contributed by atoms with E-state index in [1.165, 1.54) is 0 Å². The van der Waals surface area contributed by atoms with Crippen molar-refractivity contribution in [3.8, 4) is 5.75 Å². The summed E-state index contributed by atoms with van der Waals surface area (Å²) in [5.41, 5.74) is 2.89. The number of nitrogens with one attached hydrogen (secondary N) is 1. The Morgan fingerprint density at radius 2 is 1.63 bits per heavy atom. The van der Waals surface area contributed by atoms with Gasteiger partial charge < -0.3 is 15.0 Å². The molecule has 0 aliphatic heterocycles. The summed E-state index contributed by atoms with van der Waals surface area (Å²) >= 11 is 3.47. The van der Waals surface area contributed by atoms with Crippen LogP contribution in [0.3, 0.4) is 0 Å². The Morgan fingerprint density at radius 1 is 0.943 bits per heavy atom. The van der Waals surface area contributed by atoms with Gasteiger partial charge >= 0.3 is 0 Å². The minimum Gasteiger partial charge on any atom is -0.484 e. The molecule has 0 saturated heterocycles. The Hall–Kier alpha value is -3.12. The van der Waals surface area contributed by atoms with E-state index in [2.05, 4.69) is 28.2 Å². The summed E-state index contributed by atoms with van der Waals surface area (Å²) in [5, 5.41) is 3.04. The van der Waals surface area contributed by atoms with Gasteiger partial charge in [0.1, 0.15) is 11.8 Å². The lowest BCUT2D eigenvalue weighted by atomic mass is 10.0. The van der Waals surface area contributed by atoms with Gasteiger partial charge in [0.05, 0.1) is 0 Å². The minimum absolute atomic E-state index is 0.144. The van der Waals surface area contributed by atoms with Gasteiger partial charge in [-0.05, 0) is 48.2 Å². The predicted molar refractivity (Wildman–Crippen MR) is 143 cm³/mol. The molecule has 0 heterocycles. The van der Waals surface area contributed by atoms with Crippen molar-refractivity contribution in [3.63, 3.8) is 0 Å². The monoisotopic (exact) mass is 536 g/mol. The number of benzene rings is 3. The van der Waals surface area contributed by atoms with Crippen LogP contribution in [-0.2, 0) is 22.6 Å². The van der Waals surface area contributed by atoms with Crippen LogP contribution < -0.4 is 10.1 Å². The van der Waals surface area contributed by atoms with E-state index in [0.717, 1.165) is 34.0 Å². The number of halogens is 1. The molecule has 1 atom stereocenters. The van der Waals surface area contributed by atoms with Crippen molar-refractivity contribution in [2.45, 2.75) is 45.7 Å². The second-order valence-corrected chi connectivity index (χ2v) is 9.47. The van der Waals surface area contributed by atoms with Crippen molar-refractivity contribution >= 4 is 27.7 Å². The van der Waals surface area contributed by atoms with Crippen LogP contribution in [0, 0.1) is 6.92 Å². The zero-order chi connectivity index (χ0) is 25.0. The first-order chi connectivity index (χ1) is 17.0. The van der Waals surface area contributed by atoms with E-state index in [4.69, 9.17) is 4.74 Å². The van der Waals surface area contributed by atoms with E-state index in [-0.39, 0.29) is 18.4 Å². The number of aryl methyl sites for hydroxylation is 1. The number of unbranched alkanes of at least 4 members (excludes halogenated alkanes) is 1. The molecular formula is C29H33BrN2O3. The van der Waals surface area contributed by atoms with Gasteiger partial charge in [-0.15, -0.1) is 0 Å². The summed E-state index contributed by atoms with van der Waals surface area (Å²) < 4.78 is 6.84. The van der Waals surface area contributed by atoms with E-state index < -0.39 is 6.04 Å². The minimum atomic E-state index is -0.661. The number of carbonyl (C=O) groups excluding carboxylic acids is 2. The van der Waals surface area contributed by atoms with Crippen LogP contribution >= 0.6 is 15.9 Å².